The molecule has 0 atom stereocenters. The maximum Gasteiger partial charge on any atom is 0.403 e. The molecule has 0 N–H and O–H groups in total. The lowest BCUT2D eigenvalue weighted by molar-refractivity contribution is -0.106. The molecule has 0 aliphatic heterocycles. The van der Waals surface area contributed by atoms with Crippen LogP contribution in [0.4, 0.5) is 35.1 Å². The zero-order valence-electron chi connectivity index (χ0n) is 8.46. The molecule has 0 aliphatic rings. The van der Waals surface area contributed by atoms with Crippen molar-refractivity contribution >= 4 is 9.84 Å². The second kappa shape index (κ2) is 4.62. The van der Waals surface area contributed by atoms with E-state index in [4.69, 9.17) is 0 Å². The van der Waals surface area contributed by atoms with Gasteiger partial charge in [-0.05, 0) is 0 Å². The van der Waals surface area contributed by atoms with Crippen molar-refractivity contribution in [1.82, 2.24) is 0 Å². The van der Waals surface area contributed by atoms with E-state index in [1.807, 2.05) is 0 Å². The van der Waals surface area contributed by atoms with Gasteiger partial charge in [0.05, 0.1) is 0 Å². The van der Waals surface area contributed by atoms with Crippen molar-refractivity contribution in [3.63, 3.8) is 0 Å². The van der Waals surface area contributed by atoms with E-state index in [2.05, 4.69) is 0 Å². The monoisotopic (exact) mass is 314 g/mol. The summed E-state index contributed by atoms with van der Waals surface area (Å²) in [5.74, 6) is -16.4. The quantitative estimate of drug-likeness (QED) is 0.364. The number of halogens is 8. The lowest BCUT2D eigenvalue weighted by Gasteiger charge is -2.10. The number of benzene rings is 1. The Bertz CT molecular complexity index is 590. The standard InChI is InChI=1S/C8H2F8O2S/c9-2-3(10)5(12)7(6(13)4(2)11)19(17,18)1-8(14,15)16/h1H2. The first kappa shape index (κ1) is 15.7. The molecule has 0 saturated carbocycles. The average Bonchev–Trinajstić information content (AvgIpc) is 2.20. The summed E-state index contributed by atoms with van der Waals surface area (Å²) in [5.41, 5.74) is 0. The lowest BCUT2D eigenvalue weighted by Crippen LogP contribution is -2.25. The van der Waals surface area contributed by atoms with Crippen molar-refractivity contribution in [2.75, 3.05) is 5.75 Å². The summed E-state index contributed by atoms with van der Waals surface area (Å²) in [6.45, 7) is 0. The third-order valence-electron chi connectivity index (χ3n) is 1.83. The normalized spacial score (nSPS) is 12.8. The third kappa shape index (κ3) is 2.96. The van der Waals surface area contributed by atoms with Crippen LogP contribution in [0, 0.1) is 29.1 Å². The van der Waals surface area contributed by atoms with Gasteiger partial charge in [-0.1, -0.05) is 0 Å². The highest BCUT2D eigenvalue weighted by Crippen LogP contribution is 2.30. The van der Waals surface area contributed by atoms with E-state index < -0.39 is 55.7 Å². The van der Waals surface area contributed by atoms with Crippen LogP contribution in [-0.4, -0.2) is 20.3 Å². The Balaban J connectivity index is 3.61. The topological polar surface area (TPSA) is 34.1 Å². The van der Waals surface area contributed by atoms with Gasteiger partial charge < -0.3 is 0 Å². The highest BCUT2D eigenvalue weighted by Gasteiger charge is 2.41. The van der Waals surface area contributed by atoms with Gasteiger partial charge in [-0.2, -0.15) is 13.2 Å². The van der Waals surface area contributed by atoms with Crippen molar-refractivity contribution in [2.24, 2.45) is 0 Å². The first-order valence-electron chi connectivity index (χ1n) is 4.19. The van der Waals surface area contributed by atoms with Crippen LogP contribution in [0.3, 0.4) is 0 Å². The zero-order valence-corrected chi connectivity index (χ0v) is 9.27. The van der Waals surface area contributed by atoms with Crippen LogP contribution in [0.2, 0.25) is 0 Å². The molecule has 0 unspecified atom stereocenters. The minimum atomic E-state index is -5.76. The zero-order chi connectivity index (χ0) is 15.2. The number of hydrogen-bond donors (Lipinski definition) is 0. The van der Waals surface area contributed by atoms with Crippen molar-refractivity contribution in [1.29, 1.82) is 0 Å². The molecule has 0 aromatic heterocycles. The van der Waals surface area contributed by atoms with Crippen molar-refractivity contribution < 1.29 is 43.5 Å². The van der Waals surface area contributed by atoms with E-state index >= 15 is 0 Å². The summed E-state index contributed by atoms with van der Waals surface area (Å²) in [6, 6.07) is 0. The molecular weight excluding hydrogens is 312 g/mol. The van der Waals surface area contributed by atoms with Crippen LogP contribution < -0.4 is 0 Å². The molecule has 2 nitrogen and oxygen atoms in total. The van der Waals surface area contributed by atoms with Gasteiger partial charge in [0.1, 0.15) is 4.90 Å². The number of alkyl halides is 3. The molecular formula is C8H2F8O2S. The fourth-order valence-corrected chi connectivity index (χ4v) is 2.45. The highest BCUT2D eigenvalue weighted by molar-refractivity contribution is 7.91. The van der Waals surface area contributed by atoms with Crippen LogP contribution in [0.1, 0.15) is 0 Å². The Labute approximate surface area is 100 Å². The molecule has 0 fully saturated rings. The minimum absolute atomic E-state index is 2.50. The summed E-state index contributed by atoms with van der Waals surface area (Å²) >= 11 is 0. The maximum atomic E-state index is 13.0. The number of sulfone groups is 1. The predicted octanol–water partition coefficient (Wildman–Crippen LogP) is 2.72. The van der Waals surface area contributed by atoms with Gasteiger partial charge >= 0.3 is 6.18 Å². The molecule has 19 heavy (non-hydrogen) atoms. The third-order valence-corrected chi connectivity index (χ3v) is 3.52. The van der Waals surface area contributed by atoms with Crippen LogP contribution in [0.15, 0.2) is 4.90 Å². The van der Waals surface area contributed by atoms with E-state index in [0.717, 1.165) is 0 Å². The second-order valence-electron chi connectivity index (χ2n) is 3.27. The number of rotatable bonds is 2. The van der Waals surface area contributed by atoms with Gasteiger partial charge in [0.15, 0.2) is 38.9 Å². The summed E-state index contributed by atoms with van der Waals surface area (Å²) in [6.07, 6.45) is -5.40. The van der Waals surface area contributed by atoms with Gasteiger partial charge in [0.2, 0.25) is 5.82 Å². The van der Waals surface area contributed by atoms with Crippen LogP contribution in [0.25, 0.3) is 0 Å². The Kier molecular flexibility index (Phi) is 3.81. The van der Waals surface area contributed by atoms with E-state index in [-0.39, 0.29) is 0 Å². The minimum Gasteiger partial charge on any atom is -0.223 e. The molecule has 0 amide bonds. The first-order chi connectivity index (χ1) is 8.38. The van der Waals surface area contributed by atoms with Gasteiger partial charge in [-0.15, -0.1) is 0 Å². The van der Waals surface area contributed by atoms with Crippen LogP contribution >= 0.6 is 0 Å². The number of hydrogen-bond acceptors (Lipinski definition) is 2. The van der Waals surface area contributed by atoms with E-state index in [9.17, 15) is 43.5 Å². The van der Waals surface area contributed by atoms with E-state index in [1.165, 1.54) is 0 Å². The van der Waals surface area contributed by atoms with Crippen molar-refractivity contribution in [3.05, 3.63) is 29.1 Å². The molecule has 0 spiro atoms. The first-order valence-corrected chi connectivity index (χ1v) is 5.84. The van der Waals surface area contributed by atoms with Crippen molar-refractivity contribution in [3.8, 4) is 0 Å². The molecule has 0 saturated heterocycles. The molecule has 0 bridgehead atoms. The fraction of sp³-hybridized carbons (Fsp3) is 0.250. The Morgan fingerprint density at radius 2 is 1.05 bits per heavy atom. The van der Waals surface area contributed by atoms with E-state index in [1.54, 1.807) is 0 Å². The van der Waals surface area contributed by atoms with Gasteiger partial charge in [0.25, 0.3) is 0 Å². The van der Waals surface area contributed by atoms with Gasteiger partial charge in [-0.3, -0.25) is 0 Å². The van der Waals surface area contributed by atoms with Crippen LogP contribution in [0.5, 0.6) is 0 Å². The Morgan fingerprint density at radius 1 is 0.737 bits per heavy atom. The van der Waals surface area contributed by atoms with Gasteiger partial charge in [0, 0.05) is 0 Å². The smallest absolute Gasteiger partial charge is 0.223 e. The predicted molar refractivity (Wildman–Crippen MR) is 44.3 cm³/mol. The average molecular weight is 314 g/mol. The van der Waals surface area contributed by atoms with Crippen molar-refractivity contribution in [2.45, 2.75) is 11.1 Å². The lowest BCUT2D eigenvalue weighted by atomic mass is 10.3. The fourth-order valence-electron chi connectivity index (χ4n) is 1.15. The maximum absolute atomic E-state index is 13.0. The highest BCUT2D eigenvalue weighted by atomic mass is 32.2. The summed E-state index contributed by atoms with van der Waals surface area (Å²) < 4.78 is 122. The Morgan fingerprint density at radius 3 is 1.37 bits per heavy atom. The SMILES string of the molecule is O=S(=O)(CC(F)(F)F)c1c(F)c(F)c(F)c(F)c1F. The largest absolute Gasteiger partial charge is 0.403 e. The summed E-state index contributed by atoms with van der Waals surface area (Å²) in [7, 11) is -5.76. The molecule has 1 rings (SSSR count). The second-order valence-corrected chi connectivity index (χ2v) is 5.20. The van der Waals surface area contributed by atoms with E-state index in [0.29, 0.717) is 0 Å². The summed E-state index contributed by atoms with van der Waals surface area (Å²) in [4.78, 5) is -2.50. The summed E-state index contributed by atoms with van der Waals surface area (Å²) in [5, 5.41) is 0. The molecule has 108 valence electrons. The molecule has 1 aromatic rings. The molecule has 11 heteroatoms. The molecule has 0 radical (unpaired) electrons. The molecule has 0 heterocycles. The Hall–Kier alpha value is -1.39. The molecule has 1 aromatic carbocycles. The molecule has 0 aliphatic carbocycles. The van der Waals surface area contributed by atoms with Crippen LogP contribution in [-0.2, 0) is 9.84 Å². The van der Waals surface area contributed by atoms with Gasteiger partial charge in [-0.25, -0.2) is 30.4 Å².